The molecule has 7 atom stereocenters. The Labute approximate surface area is 372 Å². The van der Waals surface area contributed by atoms with E-state index in [0.29, 0.717) is 29.5 Å². The number of amides is 2. The van der Waals surface area contributed by atoms with Gasteiger partial charge >= 0.3 is 24.1 Å². The molecule has 18 heteroatoms. The molecule has 3 saturated heterocycles. The highest BCUT2D eigenvalue weighted by Gasteiger charge is 2.76. The maximum absolute atomic E-state index is 14.9. The summed E-state index contributed by atoms with van der Waals surface area (Å²) >= 11 is 0. The SMILES string of the molecule is CC(C)(C)OC(=O)CCC(CO)NC(=O)c1cccc(CNC(=O)C23CC4OC(=O)C2N(Cc2cccc(C=CC(=O)OCC(F)(F)F)c2)OC3C2OC3(Cc5ccccc5C3)OC42)c1. The second-order valence-electron chi connectivity index (χ2n) is 18.1. The van der Waals surface area contributed by atoms with E-state index in [0.717, 1.165) is 17.2 Å². The Morgan fingerprint density at radius 3 is 2.37 bits per heavy atom. The molecule has 0 aromatic heterocycles. The van der Waals surface area contributed by atoms with Gasteiger partial charge in [0.2, 0.25) is 5.91 Å². The molecule has 2 aliphatic carbocycles. The van der Waals surface area contributed by atoms with Crippen LogP contribution in [0.1, 0.15) is 78.2 Å². The molecule has 1 spiro atoms. The van der Waals surface area contributed by atoms with Gasteiger partial charge < -0.3 is 39.4 Å². The first-order valence-corrected chi connectivity index (χ1v) is 21.4. The van der Waals surface area contributed by atoms with E-state index < -0.39 is 102 Å². The van der Waals surface area contributed by atoms with Gasteiger partial charge in [-0.25, -0.2) is 4.79 Å². The highest BCUT2D eigenvalue weighted by atomic mass is 19.4. The van der Waals surface area contributed by atoms with Crippen LogP contribution in [0.2, 0.25) is 0 Å². The first-order chi connectivity index (χ1) is 30.8. The number of rotatable bonds is 14. The number of hydrogen-bond acceptors (Lipinski definition) is 13. The van der Waals surface area contributed by atoms with Crippen molar-refractivity contribution in [3.05, 3.63) is 112 Å². The van der Waals surface area contributed by atoms with Gasteiger partial charge in [0.1, 0.15) is 35.4 Å². The summed E-state index contributed by atoms with van der Waals surface area (Å²) in [6.45, 7) is 3.01. The number of nitrogens with one attached hydrogen (secondary N) is 2. The van der Waals surface area contributed by atoms with E-state index in [1.165, 1.54) is 11.1 Å². The van der Waals surface area contributed by atoms with Crippen LogP contribution >= 0.6 is 0 Å². The molecule has 3 N–H and O–H groups in total. The van der Waals surface area contributed by atoms with Gasteiger partial charge in [-0.15, -0.1) is 0 Å². The number of esters is 3. The summed E-state index contributed by atoms with van der Waals surface area (Å²) in [5.41, 5.74) is 1.71. The van der Waals surface area contributed by atoms with Gasteiger partial charge in [-0.1, -0.05) is 60.7 Å². The lowest BCUT2D eigenvalue weighted by Gasteiger charge is -2.48. The fraction of sp³-hybridized carbons (Fsp3) is 0.468. The molecule has 2 amide bonds. The van der Waals surface area contributed by atoms with E-state index in [4.69, 9.17) is 23.8 Å². The van der Waals surface area contributed by atoms with Gasteiger partial charge in [-0.05, 0) is 73.2 Å². The standard InChI is InChI=1S/C47H50F3N3O12/c1-44(2,3)62-36(56)17-15-33(25-54)52-41(57)30-13-7-9-28(19-30)23-51-43(59)46-22-34-37-38(64-45(63-37)20-31-11-4-5-12-32(31)21-45)40(46)65-53(39(46)42(58)61-34)24-29-10-6-8-27(18-29)14-16-35(55)60-26-47(48,49)50/h4-14,16,18-19,33-34,37-40,54H,15,17,20-26H2,1-3H3,(H,51,59)(H,52,57). The van der Waals surface area contributed by atoms with Crippen molar-refractivity contribution in [1.29, 1.82) is 0 Å². The molecule has 346 valence electrons. The van der Waals surface area contributed by atoms with Gasteiger partial charge in [-0.2, -0.15) is 18.2 Å². The molecule has 0 radical (unpaired) electrons. The van der Waals surface area contributed by atoms with Gasteiger partial charge in [0.05, 0.1) is 19.2 Å². The number of aliphatic hydroxyl groups excluding tert-OH is 1. The average molecular weight is 906 g/mol. The summed E-state index contributed by atoms with van der Waals surface area (Å²) < 4.78 is 66.9. The highest BCUT2D eigenvalue weighted by molar-refractivity contribution is 5.95. The van der Waals surface area contributed by atoms with Crippen LogP contribution in [0.5, 0.6) is 0 Å². The number of carbonyl (C=O) groups excluding carboxylic acids is 5. The number of halogens is 3. The summed E-state index contributed by atoms with van der Waals surface area (Å²) in [5.74, 6) is -4.44. The van der Waals surface area contributed by atoms with Crippen LogP contribution in [0.3, 0.4) is 0 Å². The quantitative estimate of drug-likeness (QED) is 0.117. The van der Waals surface area contributed by atoms with E-state index in [9.17, 15) is 42.3 Å². The number of benzene rings is 3. The Balaban J connectivity index is 1.01. The largest absolute Gasteiger partial charge is 0.460 e. The summed E-state index contributed by atoms with van der Waals surface area (Å²) in [4.78, 5) is 73.4. The molecule has 8 rings (SSSR count). The van der Waals surface area contributed by atoms with E-state index in [2.05, 4.69) is 15.4 Å². The number of carbonyl (C=O) groups is 5. The lowest BCUT2D eigenvalue weighted by molar-refractivity contribution is -0.217. The number of alkyl halides is 3. The van der Waals surface area contributed by atoms with Crippen LogP contribution in [-0.4, -0.2) is 107 Å². The van der Waals surface area contributed by atoms with Crippen LogP contribution in [0.4, 0.5) is 13.2 Å². The van der Waals surface area contributed by atoms with Crippen molar-refractivity contribution in [3.8, 4) is 0 Å². The summed E-state index contributed by atoms with van der Waals surface area (Å²) in [6.07, 6.45) is -4.93. The summed E-state index contributed by atoms with van der Waals surface area (Å²) in [6, 6.07) is 19.1. The fourth-order valence-corrected chi connectivity index (χ4v) is 9.43. The molecule has 5 aliphatic rings. The molecule has 4 fully saturated rings. The molecule has 1 saturated carbocycles. The molecule has 2 bridgehead atoms. The Kier molecular flexibility index (Phi) is 12.7. The molecular formula is C47H50F3N3O12. The average Bonchev–Trinajstić information content (AvgIpc) is 3.93. The van der Waals surface area contributed by atoms with Crippen molar-refractivity contribution >= 4 is 35.8 Å². The number of fused-ring (bicyclic) bond motifs is 5. The van der Waals surface area contributed by atoms with Crippen LogP contribution < -0.4 is 10.6 Å². The monoisotopic (exact) mass is 905 g/mol. The van der Waals surface area contributed by atoms with Gasteiger partial charge in [0.25, 0.3) is 5.91 Å². The normalized spacial score (nSPS) is 25.7. The zero-order valence-electron chi connectivity index (χ0n) is 35.9. The summed E-state index contributed by atoms with van der Waals surface area (Å²) in [7, 11) is 0. The van der Waals surface area contributed by atoms with Gasteiger partial charge in [0.15, 0.2) is 18.4 Å². The predicted octanol–water partition coefficient (Wildman–Crippen LogP) is 4.41. The molecular weight excluding hydrogens is 856 g/mol. The third-order valence-electron chi connectivity index (χ3n) is 12.1. The van der Waals surface area contributed by atoms with Crippen molar-refractivity contribution in [2.24, 2.45) is 5.41 Å². The third-order valence-corrected chi connectivity index (χ3v) is 12.1. The minimum atomic E-state index is -4.68. The topological polar surface area (TPSA) is 188 Å². The first-order valence-electron chi connectivity index (χ1n) is 21.4. The molecule has 3 aromatic rings. The smallest absolute Gasteiger partial charge is 0.422 e. The predicted molar refractivity (Wildman–Crippen MR) is 222 cm³/mol. The Morgan fingerprint density at radius 2 is 1.66 bits per heavy atom. The van der Waals surface area contributed by atoms with Crippen molar-refractivity contribution < 1.29 is 70.8 Å². The number of hydroxylamine groups is 2. The van der Waals surface area contributed by atoms with Crippen molar-refractivity contribution in [1.82, 2.24) is 15.7 Å². The maximum atomic E-state index is 14.9. The second kappa shape index (κ2) is 18.0. The molecule has 3 aromatic carbocycles. The number of hydrogen-bond donors (Lipinski definition) is 3. The lowest BCUT2D eigenvalue weighted by Crippen LogP contribution is -2.69. The first kappa shape index (κ1) is 45.9. The molecule has 7 unspecified atom stereocenters. The van der Waals surface area contributed by atoms with Crippen LogP contribution in [0.15, 0.2) is 78.9 Å². The number of aliphatic hydroxyl groups is 1. The second-order valence-corrected chi connectivity index (χ2v) is 18.1. The van der Waals surface area contributed by atoms with E-state index >= 15 is 0 Å². The van der Waals surface area contributed by atoms with Gasteiger partial charge in [0, 0.05) is 43.9 Å². The van der Waals surface area contributed by atoms with Crippen molar-refractivity contribution in [2.75, 3.05) is 13.2 Å². The van der Waals surface area contributed by atoms with Crippen molar-refractivity contribution in [3.63, 3.8) is 0 Å². The molecule has 3 heterocycles. The van der Waals surface area contributed by atoms with E-state index in [-0.39, 0.29) is 37.9 Å². The third kappa shape index (κ3) is 9.96. The lowest BCUT2D eigenvalue weighted by atomic mass is 9.62. The van der Waals surface area contributed by atoms with Crippen LogP contribution in [0.25, 0.3) is 6.08 Å². The zero-order chi connectivity index (χ0) is 46.3. The maximum Gasteiger partial charge on any atom is 0.422 e. The van der Waals surface area contributed by atoms with E-state index in [1.807, 2.05) is 24.3 Å². The minimum absolute atomic E-state index is 0.0136. The molecule has 65 heavy (non-hydrogen) atoms. The Hall–Kier alpha value is -5.66. The Bertz CT molecular complexity index is 2340. The molecule has 3 aliphatic heterocycles. The number of nitrogens with zero attached hydrogens (tertiary/aromatic N) is 1. The highest BCUT2D eigenvalue weighted by Crippen LogP contribution is 2.58. The Morgan fingerprint density at radius 1 is 0.954 bits per heavy atom. The molecule has 15 nitrogen and oxygen atoms in total. The van der Waals surface area contributed by atoms with Gasteiger partial charge in [-0.3, -0.25) is 24.0 Å². The van der Waals surface area contributed by atoms with Crippen molar-refractivity contribution in [2.45, 2.75) is 120 Å². The minimum Gasteiger partial charge on any atom is -0.460 e. The fourth-order valence-electron chi connectivity index (χ4n) is 9.43. The van der Waals surface area contributed by atoms with Crippen LogP contribution in [0, 0.1) is 5.41 Å². The summed E-state index contributed by atoms with van der Waals surface area (Å²) in [5, 5.41) is 17.1. The van der Waals surface area contributed by atoms with E-state index in [1.54, 1.807) is 69.3 Å². The zero-order valence-corrected chi connectivity index (χ0v) is 35.9. The van der Waals surface area contributed by atoms with Crippen LogP contribution in [-0.2, 0) is 73.6 Å². The number of ether oxygens (including phenoxy) is 5.